The number of carboxylic acid groups (broad SMARTS) is 1. The molecule has 1 aromatic rings. The third-order valence-electron chi connectivity index (χ3n) is 3.49. The number of aliphatic carboxylic acids is 1. The molecule has 1 N–H and O–H groups in total. The van der Waals surface area contributed by atoms with Crippen molar-refractivity contribution in [3.63, 3.8) is 0 Å². The molecule has 5 heteroatoms. The van der Waals surface area contributed by atoms with Gasteiger partial charge in [0.2, 0.25) is 0 Å². The van der Waals surface area contributed by atoms with Crippen molar-refractivity contribution in [2.45, 2.75) is 19.4 Å². The number of benzene rings is 1. The lowest BCUT2D eigenvalue weighted by molar-refractivity contribution is -0.137. The molecule has 19 heavy (non-hydrogen) atoms. The number of carbonyl (C=O) groups excluding carboxylic acids is 1. The Morgan fingerprint density at radius 1 is 1.37 bits per heavy atom. The lowest BCUT2D eigenvalue weighted by Gasteiger charge is -2.18. The van der Waals surface area contributed by atoms with Gasteiger partial charge in [-0.25, -0.2) is 4.79 Å². The number of carbonyl (C=O) groups is 2. The lowest BCUT2D eigenvalue weighted by Crippen LogP contribution is -2.31. The van der Waals surface area contributed by atoms with Crippen molar-refractivity contribution in [2.75, 3.05) is 20.1 Å². The van der Waals surface area contributed by atoms with Crippen LogP contribution in [0.2, 0.25) is 0 Å². The van der Waals surface area contributed by atoms with Crippen LogP contribution in [0.4, 0.5) is 4.79 Å². The molecule has 102 valence electrons. The number of hydrogen-bond donors (Lipinski definition) is 1. The van der Waals surface area contributed by atoms with Crippen LogP contribution in [0, 0.1) is 6.92 Å². The van der Waals surface area contributed by atoms with Crippen LogP contribution in [0.3, 0.4) is 0 Å². The Hall–Kier alpha value is -2.04. The number of aryl methyl sites for hydroxylation is 1. The predicted octanol–water partition coefficient (Wildman–Crippen LogP) is 1.88. The molecule has 1 atom stereocenters. The van der Waals surface area contributed by atoms with Gasteiger partial charge in [0.25, 0.3) is 0 Å². The maximum atomic E-state index is 12.0. The Morgan fingerprint density at radius 3 is 2.58 bits per heavy atom. The van der Waals surface area contributed by atoms with Gasteiger partial charge in [0, 0.05) is 20.1 Å². The molecular formula is C14H18N2O3. The summed E-state index contributed by atoms with van der Waals surface area (Å²) in [6.07, 6.45) is -0.0137. The van der Waals surface area contributed by atoms with E-state index in [0.29, 0.717) is 6.54 Å². The first kappa shape index (κ1) is 13.4. The summed E-state index contributed by atoms with van der Waals surface area (Å²) < 4.78 is 0. The molecule has 1 saturated heterocycles. The zero-order valence-electron chi connectivity index (χ0n) is 11.2. The molecule has 0 aliphatic carbocycles. The Morgan fingerprint density at radius 2 is 2.00 bits per heavy atom. The van der Waals surface area contributed by atoms with Crippen molar-refractivity contribution in [1.82, 2.24) is 9.80 Å². The number of urea groups is 1. The SMILES string of the molecule is Cc1ccc(C2CN(CCC(=O)O)C(=O)N2C)cc1. The number of hydrogen-bond acceptors (Lipinski definition) is 2. The molecule has 1 heterocycles. The van der Waals surface area contributed by atoms with Crippen LogP contribution >= 0.6 is 0 Å². The minimum Gasteiger partial charge on any atom is -0.481 e. The van der Waals surface area contributed by atoms with Crippen molar-refractivity contribution < 1.29 is 14.7 Å². The summed E-state index contributed by atoms with van der Waals surface area (Å²) >= 11 is 0. The monoisotopic (exact) mass is 262 g/mol. The Bertz CT molecular complexity index is 484. The van der Waals surface area contributed by atoms with E-state index in [4.69, 9.17) is 5.11 Å². The van der Waals surface area contributed by atoms with Gasteiger partial charge in [-0.3, -0.25) is 4.79 Å². The Balaban J connectivity index is 2.09. The van der Waals surface area contributed by atoms with Gasteiger partial charge in [-0.2, -0.15) is 0 Å². The van der Waals surface area contributed by atoms with Crippen molar-refractivity contribution in [2.24, 2.45) is 0 Å². The van der Waals surface area contributed by atoms with Crippen molar-refractivity contribution in [3.05, 3.63) is 35.4 Å². The average molecular weight is 262 g/mol. The fourth-order valence-electron chi connectivity index (χ4n) is 2.30. The average Bonchev–Trinajstić information content (AvgIpc) is 2.65. The van der Waals surface area contributed by atoms with Crippen LogP contribution in [0.5, 0.6) is 0 Å². The van der Waals surface area contributed by atoms with Crippen LogP contribution < -0.4 is 0 Å². The highest BCUT2D eigenvalue weighted by Crippen LogP contribution is 2.28. The first-order valence-electron chi connectivity index (χ1n) is 6.29. The summed E-state index contributed by atoms with van der Waals surface area (Å²) in [5.41, 5.74) is 2.26. The van der Waals surface area contributed by atoms with Crippen LogP contribution in [-0.4, -0.2) is 47.0 Å². The number of amides is 2. The van der Waals surface area contributed by atoms with Gasteiger partial charge in [0.15, 0.2) is 0 Å². The first-order valence-corrected chi connectivity index (χ1v) is 6.29. The van der Waals surface area contributed by atoms with E-state index in [1.807, 2.05) is 31.2 Å². The smallest absolute Gasteiger partial charge is 0.320 e. The van der Waals surface area contributed by atoms with Gasteiger partial charge in [-0.15, -0.1) is 0 Å². The molecule has 0 bridgehead atoms. The molecule has 2 amide bonds. The van der Waals surface area contributed by atoms with Crippen molar-refractivity contribution in [1.29, 1.82) is 0 Å². The summed E-state index contributed by atoms with van der Waals surface area (Å²) in [4.78, 5) is 25.9. The third kappa shape index (κ3) is 2.86. The molecule has 1 fully saturated rings. The molecule has 1 unspecified atom stereocenters. The molecule has 0 saturated carbocycles. The molecule has 0 aromatic heterocycles. The van der Waals surface area contributed by atoms with E-state index in [9.17, 15) is 9.59 Å². The fourth-order valence-corrected chi connectivity index (χ4v) is 2.30. The van der Waals surface area contributed by atoms with Crippen molar-refractivity contribution >= 4 is 12.0 Å². The van der Waals surface area contributed by atoms with Gasteiger partial charge in [-0.05, 0) is 12.5 Å². The topological polar surface area (TPSA) is 60.9 Å². The molecular weight excluding hydrogens is 244 g/mol. The van der Waals surface area contributed by atoms with E-state index in [2.05, 4.69) is 0 Å². The molecule has 0 radical (unpaired) electrons. The summed E-state index contributed by atoms with van der Waals surface area (Å²) in [5, 5.41) is 8.69. The number of likely N-dealkylation sites (N-methyl/N-ethyl adjacent to an activating group) is 1. The second kappa shape index (κ2) is 5.30. The second-order valence-electron chi connectivity index (χ2n) is 4.91. The van der Waals surface area contributed by atoms with Crippen LogP contribution in [0.25, 0.3) is 0 Å². The van der Waals surface area contributed by atoms with E-state index >= 15 is 0 Å². The van der Waals surface area contributed by atoms with E-state index in [1.165, 1.54) is 5.56 Å². The quantitative estimate of drug-likeness (QED) is 0.901. The lowest BCUT2D eigenvalue weighted by atomic mass is 10.1. The highest BCUT2D eigenvalue weighted by molar-refractivity contribution is 5.78. The van der Waals surface area contributed by atoms with Gasteiger partial charge in [0.1, 0.15) is 0 Å². The van der Waals surface area contributed by atoms with Gasteiger partial charge < -0.3 is 14.9 Å². The van der Waals surface area contributed by atoms with E-state index in [1.54, 1.807) is 16.8 Å². The number of nitrogens with zero attached hydrogens (tertiary/aromatic N) is 2. The zero-order chi connectivity index (χ0) is 14.0. The highest BCUT2D eigenvalue weighted by atomic mass is 16.4. The predicted molar refractivity (Wildman–Crippen MR) is 70.9 cm³/mol. The summed E-state index contributed by atoms with van der Waals surface area (Å²) in [6.45, 7) is 2.83. The summed E-state index contributed by atoms with van der Waals surface area (Å²) in [6, 6.07) is 7.98. The first-order chi connectivity index (χ1) is 8.99. The molecule has 5 nitrogen and oxygen atoms in total. The molecule has 1 aliphatic heterocycles. The normalized spacial score (nSPS) is 19.1. The van der Waals surface area contributed by atoms with Crippen LogP contribution in [0.15, 0.2) is 24.3 Å². The standard InChI is InChI=1S/C14H18N2O3/c1-10-3-5-11(6-4-10)12-9-16(8-7-13(17)18)14(19)15(12)2/h3-6,12H,7-9H2,1-2H3,(H,17,18). The van der Waals surface area contributed by atoms with Crippen LogP contribution in [0.1, 0.15) is 23.6 Å². The molecule has 2 rings (SSSR count). The van der Waals surface area contributed by atoms with E-state index in [-0.39, 0.29) is 25.0 Å². The minimum atomic E-state index is -0.880. The minimum absolute atomic E-state index is 0.00175. The number of rotatable bonds is 4. The Kier molecular flexibility index (Phi) is 3.74. The molecule has 1 aliphatic rings. The summed E-state index contributed by atoms with van der Waals surface area (Å²) in [5.74, 6) is -0.880. The second-order valence-corrected chi connectivity index (χ2v) is 4.91. The molecule has 1 aromatic carbocycles. The largest absolute Gasteiger partial charge is 0.481 e. The summed E-state index contributed by atoms with van der Waals surface area (Å²) in [7, 11) is 1.76. The van der Waals surface area contributed by atoms with E-state index in [0.717, 1.165) is 5.56 Å². The fraction of sp³-hybridized carbons (Fsp3) is 0.429. The maximum absolute atomic E-state index is 12.0. The van der Waals surface area contributed by atoms with Crippen LogP contribution in [-0.2, 0) is 4.79 Å². The number of carboxylic acids is 1. The molecule has 0 spiro atoms. The zero-order valence-corrected chi connectivity index (χ0v) is 11.2. The van der Waals surface area contributed by atoms with Gasteiger partial charge in [0.05, 0.1) is 12.5 Å². The third-order valence-corrected chi connectivity index (χ3v) is 3.49. The highest BCUT2D eigenvalue weighted by Gasteiger charge is 2.35. The van der Waals surface area contributed by atoms with Gasteiger partial charge >= 0.3 is 12.0 Å². The Labute approximate surface area is 112 Å². The van der Waals surface area contributed by atoms with Crippen molar-refractivity contribution in [3.8, 4) is 0 Å². The van der Waals surface area contributed by atoms with Gasteiger partial charge in [-0.1, -0.05) is 29.8 Å². The van der Waals surface area contributed by atoms with E-state index < -0.39 is 5.97 Å². The maximum Gasteiger partial charge on any atom is 0.320 e.